The van der Waals surface area contributed by atoms with Crippen molar-refractivity contribution in [3.05, 3.63) is 16.3 Å². The minimum atomic E-state index is -4.05. The van der Waals surface area contributed by atoms with Crippen molar-refractivity contribution in [2.24, 2.45) is 5.92 Å². The van der Waals surface area contributed by atoms with Crippen molar-refractivity contribution in [3.8, 4) is 0 Å². The van der Waals surface area contributed by atoms with Crippen LogP contribution in [0.15, 0.2) is 16.3 Å². The van der Waals surface area contributed by atoms with Gasteiger partial charge in [-0.15, -0.1) is 11.3 Å². The molecule has 0 aromatic carbocycles. The Bertz CT molecular complexity index is 706. The Morgan fingerprint density at radius 3 is 2.52 bits per heavy atom. The summed E-state index contributed by atoms with van der Waals surface area (Å²) in [6.45, 7) is 0. The number of ether oxygens (including phenoxy) is 2. The smallest absolute Gasteiger partial charge is 0.349 e. The van der Waals surface area contributed by atoms with E-state index in [-0.39, 0.29) is 15.7 Å². The summed E-state index contributed by atoms with van der Waals surface area (Å²) in [6.07, 6.45) is 5.68. The SMILES string of the molecule is COC(=O)c1sccc1S(=O)(=O)NC(CC1CCCCC1)C(=O)OC. The molecule has 9 heteroatoms. The van der Waals surface area contributed by atoms with E-state index in [1.54, 1.807) is 0 Å². The Hall–Kier alpha value is -1.45. The third kappa shape index (κ3) is 5.02. The molecule has 1 aliphatic rings. The number of hydrogen-bond donors (Lipinski definition) is 1. The second-order valence-electron chi connectivity index (χ2n) is 6.04. The van der Waals surface area contributed by atoms with Gasteiger partial charge in [-0.1, -0.05) is 32.1 Å². The highest BCUT2D eigenvalue weighted by Gasteiger charge is 2.32. The van der Waals surface area contributed by atoms with Gasteiger partial charge in [0.05, 0.1) is 14.2 Å². The molecule has 0 bridgehead atoms. The molecular formula is C16H23NO6S2. The third-order valence-electron chi connectivity index (χ3n) is 4.37. The van der Waals surface area contributed by atoms with Gasteiger partial charge >= 0.3 is 11.9 Å². The Kier molecular flexibility index (Phi) is 6.97. The number of thiophene rings is 1. The Morgan fingerprint density at radius 2 is 1.92 bits per heavy atom. The number of hydrogen-bond acceptors (Lipinski definition) is 7. The number of carbonyl (C=O) groups is 2. The molecular weight excluding hydrogens is 366 g/mol. The first-order valence-corrected chi connectivity index (χ1v) is 10.5. The maximum atomic E-state index is 12.7. The summed E-state index contributed by atoms with van der Waals surface area (Å²) in [5.41, 5.74) is 0. The summed E-state index contributed by atoms with van der Waals surface area (Å²) in [7, 11) is -1.63. The van der Waals surface area contributed by atoms with Gasteiger partial charge in [0, 0.05) is 0 Å². The second-order valence-corrected chi connectivity index (χ2v) is 8.64. The van der Waals surface area contributed by atoms with Crippen molar-refractivity contribution in [2.75, 3.05) is 14.2 Å². The lowest BCUT2D eigenvalue weighted by Crippen LogP contribution is -2.43. The van der Waals surface area contributed by atoms with Gasteiger partial charge in [0.15, 0.2) is 0 Å². The fourth-order valence-corrected chi connectivity index (χ4v) is 5.62. The predicted molar refractivity (Wildman–Crippen MR) is 93.0 cm³/mol. The lowest BCUT2D eigenvalue weighted by Gasteiger charge is -2.25. The quantitative estimate of drug-likeness (QED) is 0.719. The van der Waals surface area contributed by atoms with Gasteiger partial charge in [0.25, 0.3) is 0 Å². The lowest BCUT2D eigenvalue weighted by molar-refractivity contribution is -0.143. The Labute approximate surface area is 151 Å². The standard InChI is InChI=1S/C16H23NO6S2/c1-22-15(18)12(10-11-6-4-3-5-7-11)17-25(20,21)13-8-9-24-14(13)16(19)23-2/h8-9,11-12,17H,3-7,10H2,1-2H3. The number of rotatable bonds is 7. The van der Waals surface area contributed by atoms with Gasteiger partial charge in [-0.2, -0.15) is 4.72 Å². The van der Waals surface area contributed by atoms with E-state index in [0.717, 1.165) is 37.0 Å². The maximum absolute atomic E-state index is 12.7. The fourth-order valence-electron chi connectivity index (χ4n) is 3.09. The largest absolute Gasteiger partial charge is 0.468 e. The van der Waals surface area contributed by atoms with Crippen LogP contribution < -0.4 is 4.72 Å². The van der Waals surface area contributed by atoms with Crippen molar-refractivity contribution in [3.63, 3.8) is 0 Å². The number of nitrogens with one attached hydrogen (secondary N) is 1. The maximum Gasteiger partial charge on any atom is 0.349 e. The first-order chi connectivity index (χ1) is 11.9. The monoisotopic (exact) mass is 389 g/mol. The fraction of sp³-hybridized carbons (Fsp3) is 0.625. The molecule has 1 heterocycles. The molecule has 0 spiro atoms. The van der Waals surface area contributed by atoms with Crippen LogP contribution in [-0.2, 0) is 24.3 Å². The van der Waals surface area contributed by atoms with Crippen molar-refractivity contribution >= 4 is 33.3 Å². The number of esters is 2. The molecule has 1 fully saturated rings. The zero-order chi connectivity index (χ0) is 18.4. The van der Waals surface area contributed by atoms with Crippen molar-refractivity contribution < 1.29 is 27.5 Å². The predicted octanol–water partition coefficient (Wildman–Crippen LogP) is 2.33. The van der Waals surface area contributed by atoms with E-state index < -0.39 is 28.0 Å². The molecule has 1 unspecified atom stereocenters. The molecule has 1 aromatic heterocycles. The molecule has 1 atom stereocenters. The minimum absolute atomic E-state index is 0.0173. The molecule has 0 saturated heterocycles. The zero-order valence-electron chi connectivity index (χ0n) is 14.3. The summed E-state index contributed by atoms with van der Waals surface area (Å²) < 4.78 is 37.2. The average molecular weight is 389 g/mol. The summed E-state index contributed by atoms with van der Waals surface area (Å²) in [4.78, 5) is 23.6. The van der Waals surface area contributed by atoms with Crippen molar-refractivity contribution in [1.29, 1.82) is 0 Å². The van der Waals surface area contributed by atoms with E-state index in [1.165, 1.54) is 32.1 Å². The van der Waals surface area contributed by atoms with Crippen LogP contribution in [0.5, 0.6) is 0 Å². The minimum Gasteiger partial charge on any atom is -0.468 e. The highest BCUT2D eigenvalue weighted by atomic mass is 32.2. The first-order valence-electron chi connectivity index (χ1n) is 8.15. The van der Waals surface area contributed by atoms with Gasteiger partial charge in [0.1, 0.15) is 15.8 Å². The average Bonchev–Trinajstić information content (AvgIpc) is 3.11. The molecule has 0 aliphatic heterocycles. The van der Waals surface area contributed by atoms with Crippen LogP contribution in [0.2, 0.25) is 0 Å². The van der Waals surface area contributed by atoms with E-state index in [4.69, 9.17) is 4.74 Å². The summed E-state index contributed by atoms with van der Waals surface area (Å²) >= 11 is 0.976. The molecule has 25 heavy (non-hydrogen) atoms. The van der Waals surface area contributed by atoms with Crippen LogP contribution in [0, 0.1) is 5.92 Å². The molecule has 1 aliphatic carbocycles. The zero-order valence-corrected chi connectivity index (χ0v) is 16.0. The molecule has 140 valence electrons. The number of carbonyl (C=O) groups excluding carboxylic acids is 2. The molecule has 1 N–H and O–H groups in total. The Balaban J connectivity index is 2.20. The van der Waals surface area contributed by atoms with Gasteiger partial charge < -0.3 is 9.47 Å². The molecule has 1 saturated carbocycles. The van der Waals surface area contributed by atoms with Crippen molar-refractivity contribution in [2.45, 2.75) is 49.5 Å². The van der Waals surface area contributed by atoms with Gasteiger partial charge in [0.2, 0.25) is 10.0 Å². The van der Waals surface area contributed by atoms with Crippen LogP contribution in [0.25, 0.3) is 0 Å². The summed E-state index contributed by atoms with van der Waals surface area (Å²) in [5.74, 6) is -1.07. The number of sulfonamides is 1. The Morgan fingerprint density at radius 1 is 1.24 bits per heavy atom. The molecule has 0 radical (unpaired) electrons. The van der Waals surface area contributed by atoms with E-state index in [1.807, 2.05) is 0 Å². The van der Waals surface area contributed by atoms with Crippen LogP contribution in [0.1, 0.15) is 48.2 Å². The highest BCUT2D eigenvalue weighted by molar-refractivity contribution is 7.89. The van der Waals surface area contributed by atoms with Gasteiger partial charge in [-0.3, -0.25) is 4.79 Å². The summed E-state index contributed by atoms with van der Waals surface area (Å²) in [5, 5.41) is 1.50. The molecule has 7 nitrogen and oxygen atoms in total. The highest BCUT2D eigenvalue weighted by Crippen LogP contribution is 2.29. The van der Waals surface area contributed by atoms with E-state index in [0.29, 0.717) is 6.42 Å². The van der Waals surface area contributed by atoms with E-state index in [9.17, 15) is 18.0 Å². The first kappa shape index (κ1) is 19.9. The van der Waals surface area contributed by atoms with Crippen molar-refractivity contribution in [1.82, 2.24) is 4.72 Å². The molecule has 0 amide bonds. The van der Waals surface area contributed by atoms with Crippen LogP contribution in [0.3, 0.4) is 0 Å². The molecule has 1 aromatic rings. The molecule has 2 rings (SSSR count). The normalized spacial score (nSPS) is 17.0. The van der Waals surface area contributed by atoms with Gasteiger partial charge in [-0.05, 0) is 23.8 Å². The summed E-state index contributed by atoms with van der Waals surface area (Å²) in [6, 6.07) is 0.359. The van der Waals surface area contributed by atoms with Gasteiger partial charge in [-0.25, -0.2) is 13.2 Å². The van der Waals surface area contributed by atoms with Crippen LogP contribution >= 0.6 is 11.3 Å². The van der Waals surface area contributed by atoms with E-state index in [2.05, 4.69) is 9.46 Å². The third-order valence-corrected chi connectivity index (χ3v) is 6.90. The second kappa shape index (κ2) is 8.77. The lowest BCUT2D eigenvalue weighted by atomic mass is 9.85. The topological polar surface area (TPSA) is 98.8 Å². The van der Waals surface area contributed by atoms with Crippen LogP contribution in [-0.4, -0.2) is 40.6 Å². The number of methoxy groups -OCH3 is 2. The van der Waals surface area contributed by atoms with Crippen LogP contribution in [0.4, 0.5) is 0 Å². The van der Waals surface area contributed by atoms with E-state index >= 15 is 0 Å².